The highest BCUT2D eigenvalue weighted by Gasteiger charge is 2.21. The molecule has 1 amide bonds. The predicted molar refractivity (Wildman–Crippen MR) is 80.7 cm³/mol. The molecule has 0 radical (unpaired) electrons. The number of hydrogen-bond donors (Lipinski definition) is 2. The van der Waals surface area contributed by atoms with Gasteiger partial charge in [-0.1, -0.05) is 0 Å². The molecule has 1 aromatic carbocycles. The van der Waals surface area contributed by atoms with Gasteiger partial charge in [0.05, 0.1) is 23.7 Å². The second-order valence-corrected chi connectivity index (χ2v) is 5.32. The molecule has 1 aromatic heterocycles. The largest absolute Gasteiger partial charge is 0.361 e. The number of aromatic nitrogens is 1. The number of anilines is 1. The van der Waals surface area contributed by atoms with Crippen molar-refractivity contribution in [2.75, 3.05) is 18.4 Å². The van der Waals surface area contributed by atoms with Crippen molar-refractivity contribution in [3.8, 4) is 6.07 Å². The Kier molecular flexibility index (Phi) is 3.69. The Hall–Kier alpha value is -2.61. The molecule has 1 saturated carbocycles. The van der Waals surface area contributed by atoms with Gasteiger partial charge in [0.15, 0.2) is 0 Å². The monoisotopic (exact) mass is 280 g/mol. The summed E-state index contributed by atoms with van der Waals surface area (Å²) in [5, 5.41) is 15.7. The lowest BCUT2D eigenvalue weighted by molar-refractivity contribution is -0.119. The fourth-order valence-electron chi connectivity index (χ4n) is 2.11. The molecule has 0 bridgehead atoms. The van der Waals surface area contributed by atoms with Crippen LogP contribution in [0.5, 0.6) is 0 Å². The van der Waals surface area contributed by atoms with Gasteiger partial charge in [-0.15, -0.1) is 0 Å². The number of nitrogens with one attached hydrogen (secondary N) is 2. The lowest BCUT2D eigenvalue weighted by Gasteiger charge is -2.07. The van der Waals surface area contributed by atoms with E-state index in [0.29, 0.717) is 17.3 Å². The van der Waals surface area contributed by atoms with Gasteiger partial charge in [0.2, 0.25) is 5.91 Å². The van der Waals surface area contributed by atoms with E-state index in [9.17, 15) is 4.79 Å². The highest BCUT2D eigenvalue weighted by atomic mass is 16.1. The Labute approximate surface area is 123 Å². The normalized spacial score (nSPS) is 13.7. The van der Waals surface area contributed by atoms with Crippen molar-refractivity contribution < 1.29 is 4.79 Å². The van der Waals surface area contributed by atoms with E-state index >= 15 is 0 Å². The third-order valence-electron chi connectivity index (χ3n) is 3.53. The minimum Gasteiger partial charge on any atom is -0.361 e. The molecule has 1 aliphatic rings. The van der Waals surface area contributed by atoms with E-state index in [1.807, 2.05) is 18.2 Å². The maximum absolute atomic E-state index is 11.7. The van der Waals surface area contributed by atoms with Gasteiger partial charge in [-0.2, -0.15) is 5.26 Å². The molecule has 0 unspecified atom stereocenters. The second-order valence-electron chi connectivity index (χ2n) is 5.32. The smallest absolute Gasteiger partial charge is 0.239 e. The topological polar surface area (TPSA) is 77.8 Å². The second kappa shape index (κ2) is 5.80. The standard InChI is InChI=1S/C16H16N4O/c17-8-12-3-5-14-13(7-12)4-6-15(20-14)18-10-16(21)19-9-11-1-2-11/h3-7,11H,1-2,9-10H2,(H,18,20)(H,19,21). The van der Waals surface area contributed by atoms with Crippen LogP contribution in [0.15, 0.2) is 30.3 Å². The molecule has 0 saturated heterocycles. The Bertz CT molecular complexity index is 716. The number of carbonyl (C=O) groups is 1. The summed E-state index contributed by atoms with van der Waals surface area (Å²) in [5.41, 5.74) is 1.42. The fraction of sp³-hybridized carbons (Fsp3) is 0.312. The summed E-state index contributed by atoms with van der Waals surface area (Å²) >= 11 is 0. The first-order valence-electron chi connectivity index (χ1n) is 7.06. The van der Waals surface area contributed by atoms with Gasteiger partial charge < -0.3 is 10.6 Å². The molecule has 0 aliphatic heterocycles. The van der Waals surface area contributed by atoms with Crippen LogP contribution in [0.4, 0.5) is 5.82 Å². The van der Waals surface area contributed by atoms with Crippen LogP contribution >= 0.6 is 0 Å². The van der Waals surface area contributed by atoms with Gasteiger partial charge >= 0.3 is 0 Å². The Balaban J connectivity index is 1.61. The summed E-state index contributed by atoms with van der Waals surface area (Å²) in [6.07, 6.45) is 2.45. The molecular formula is C16H16N4O. The van der Waals surface area contributed by atoms with Gasteiger partial charge in [-0.3, -0.25) is 4.79 Å². The average Bonchev–Trinajstić information content (AvgIpc) is 3.34. The highest BCUT2D eigenvalue weighted by molar-refractivity contribution is 5.83. The van der Waals surface area contributed by atoms with Crippen LogP contribution in [0.25, 0.3) is 10.9 Å². The lowest BCUT2D eigenvalue weighted by Crippen LogP contribution is -2.31. The molecule has 0 atom stereocenters. The molecule has 1 heterocycles. The number of fused-ring (bicyclic) bond motifs is 1. The van der Waals surface area contributed by atoms with Gasteiger partial charge in [-0.05, 0) is 49.1 Å². The van der Waals surface area contributed by atoms with Crippen LogP contribution < -0.4 is 10.6 Å². The number of amides is 1. The van der Waals surface area contributed by atoms with Gasteiger partial charge in [0.1, 0.15) is 5.82 Å². The zero-order valence-corrected chi connectivity index (χ0v) is 11.6. The summed E-state index contributed by atoms with van der Waals surface area (Å²) in [4.78, 5) is 16.1. The first-order valence-corrected chi connectivity index (χ1v) is 7.06. The van der Waals surface area contributed by atoms with E-state index in [0.717, 1.165) is 17.4 Å². The Morgan fingerprint density at radius 3 is 2.95 bits per heavy atom. The first-order chi connectivity index (χ1) is 10.2. The van der Waals surface area contributed by atoms with Gasteiger partial charge in [0, 0.05) is 11.9 Å². The van der Waals surface area contributed by atoms with Crippen molar-refractivity contribution in [3.05, 3.63) is 35.9 Å². The molecular weight excluding hydrogens is 264 g/mol. The average molecular weight is 280 g/mol. The maximum Gasteiger partial charge on any atom is 0.239 e. The Morgan fingerprint density at radius 2 is 2.19 bits per heavy atom. The van der Waals surface area contributed by atoms with E-state index in [2.05, 4.69) is 21.7 Å². The number of carbonyl (C=O) groups excluding carboxylic acids is 1. The number of pyridine rings is 1. The zero-order valence-electron chi connectivity index (χ0n) is 11.6. The minimum absolute atomic E-state index is 0.0105. The minimum atomic E-state index is -0.0105. The number of nitriles is 1. The molecule has 2 N–H and O–H groups in total. The summed E-state index contributed by atoms with van der Waals surface area (Å²) in [7, 11) is 0. The SMILES string of the molecule is N#Cc1ccc2nc(NCC(=O)NCC3CC3)ccc2c1. The number of benzene rings is 1. The number of hydrogen-bond acceptors (Lipinski definition) is 4. The zero-order chi connectivity index (χ0) is 14.7. The Morgan fingerprint density at radius 1 is 1.33 bits per heavy atom. The summed E-state index contributed by atoms with van der Waals surface area (Å²) in [6.45, 7) is 1.00. The summed E-state index contributed by atoms with van der Waals surface area (Å²) in [6, 6.07) is 11.2. The van der Waals surface area contributed by atoms with Crippen LogP contribution in [-0.2, 0) is 4.79 Å². The van der Waals surface area contributed by atoms with Crippen molar-refractivity contribution in [1.82, 2.24) is 10.3 Å². The van der Waals surface area contributed by atoms with Crippen LogP contribution in [-0.4, -0.2) is 24.0 Å². The third-order valence-corrected chi connectivity index (χ3v) is 3.53. The molecule has 1 fully saturated rings. The molecule has 1 aliphatic carbocycles. The fourth-order valence-corrected chi connectivity index (χ4v) is 2.11. The quantitative estimate of drug-likeness (QED) is 0.878. The maximum atomic E-state index is 11.7. The molecule has 5 nitrogen and oxygen atoms in total. The number of rotatable bonds is 5. The molecule has 5 heteroatoms. The lowest BCUT2D eigenvalue weighted by atomic mass is 10.1. The van der Waals surface area contributed by atoms with E-state index in [-0.39, 0.29) is 12.5 Å². The van der Waals surface area contributed by atoms with Crippen molar-refractivity contribution in [3.63, 3.8) is 0 Å². The van der Waals surface area contributed by atoms with Crippen LogP contribution in [0.2, 0.25) is 0 Å². The van der Waals surface area contributed by atoms with Crippen LogP contribution in [0, 0.1) is 17.2 Å². The molecule has 106 valence electrons. The van der Waals surface area contributed by atoms with E-state index in [4.69, 9.17) is 5.26 Å². The highest BCUT2D eigenvalue weighted by Crippen LogP contribution is 2.27. The third kappa shape index (κ3) is 3.48. The first kappa shape index (κ1) is 13.4. The van der Waals surface area contributed by atoms with Crippen molar-refractivity contribution in [2.45, 2.75) is 12.8 Å². The summed E-state index contributed by atoms with van der Waals surface area (Å²) in [5.74, 6) is 1.33. The van der Waals surface area contributed by atoms with E-state index < -0.39 is 0 Å². The van der Waals surface area contributed by atoms with Gasteiger partial charge in [-0.25, -0.2) is 4.98 Å². The van der Waals surface area contributed by atoms with Crippen molar-refractivity contribution in [1.29, 1.82) is 5.26 Å². The summed E-state index contributed by atoms with van der Waals surface area (Å²) < 4.78 is 0. The molecule has 21 heavy (non-hydrogen) atoms. The molecule has 3 rings (SSSR count). The van der Waals surface area contributed by atoms with Crippen LogP contribution in [0.1, 0.15) is 18.4 Å². The van der Waals surface area contributed by atoms with E-state index in [1.165, 1.54) is 12.8 Å². The van der Waals surface area contributed by atoms with E-state index in [1.54, 1.807) is 12.1 Å². The van der Waals surface area contributed by atoms with Crippen LogP contribution in [0.3, 0.4) is 0 Å². The molecule has 0 spiro atoms. The predicted octanol–water partition coefficient (Wildman–Crippen LogP) is 2.04. The number of nitrogens with zero attached hydrogens (tertiary/aromatic N) is 2. The van der Waals surface area contributed by atoms with Crippen molar-refractivity contribution >= 4 is 22.6 Å². The molecule has 2 aromatic rings. The van der Waals surface area contributed by atoms with Crippen molar-refractivity contribution in [2.24, 2.45) is 5.92 Å². The van der Waals surface area contributed by atoms with Gasteiger partial charge in [0.25, 0.3) is 0 Å².